The van der Waals surface area contributed by atoms with Crippen molar-refractivity contribution in [3.63, 3.8) is 0 Å². The molecular weight excluding hydrogens is 416 g/mol. The van der Waals surface area contributed by atoms with Gasteiger partial charge in [-0.15, -0.1) is 0 Å². The molecule has 0 radical (unpaired) electrons. The Hall–Kier alpha value is -4.06. The van der Waals surface area contributed by atoms with Crippen LogP contribution in [0.5, 0.6) is 23.0 Å². The molecule has 33 heavy (non-hydrogen) atoms. The average Bonchev–Trinajstić information content (AvgIpc) is 2.87. The second kappa shape index (κ2) is 8.13. The van der Waals surface area contributed by atoms with Crippen LogP contribution in [0.2, 0.25) is 0 Å². The standard InChI is InChI=1S/C27H24N2O4/c1-15-24-18(12-23(32-4)27(15)33-5)17-11-21(30-2)22(31-3)13-19(17)25-26(24)28-14-20(29-25)16-9-7-6-8-10-16/h6-14H,1-5H3. The molecule has 6 nitrogen and oxygen atoms in total. The van der Waals surface area contributed by atoms with Crippen molar-refractivity contribution in [1.29, 1.82) is 0 Å². The average molecular weight is 440 g/mol. The highest BCUT2D eigenvalue weighted by atomic mass is 16.5. The van der Waals surface area contributed by atoms with Gasteiger partial charge in [0, 0.05) is 21.9 Å². The van der Waals surface area contributed by atoms with Crippen molar-refractivity contribution in [2.75, 3.05) is 28.4 Å². The highest BCUT2D eigenvalue weighted by Crippen LogP contribution is 2.45. The maximum atomic E-state index is 5.69. The smallest absolute Gasteiger partial charge is 0.164 e. The lowest BCUT2D eigenvalue weighted by molar-refractivity contribution is 0.354. The predicted molar refractivity (Wildman–Crippen MR) is 131 cm³/mol. The summed E-state index contributed by atoms with van der Waals surface area (Å²) in [6.45, 7) is 2.02. The zero-order valence-electron chi connectivity index (χ0n) is 19.2. The first-order valence-corrected chi connectivity index (χ1v) is 10.6. The summed E-state index contributed by atoms with van der Waals surface area (Å²) < 4.78 is 22.6. The summed E-state index contributed by atoms with van der Waals surface area (Å²) in [5, 5.41) is 3.84. The lowest BCUT2D eigenvalue weighted by atomic mass is 9.95. The van der Waals surface area contributed by atoms with Crippen LogP contribution in [0.3, 0.4) is 0 Å². The number of rotatable bonds is 5. The fourth-order valence-electron chi connectivity index (χ4n) is 4.50. The summed E-state index contributed by atoms with van der Waals surface area (Å²) in [7, 11) is 6.55. The Kier molecular flexibility index (Phi) is 5.13. The monoisotopic (exact) mass is 440 g/mol. The van der Waals surface area contributed by atoms with Gasteiger partial charge in [-0.2, -0.15) is 0 Å². The molecule has 1 heterocycles. The van der Waals surface area contributed by atoms with Crippen LogP contribution in [0.1, 0.15) is 5.56 Å². The van der Waals surface area contributed by atoms with Crippen LogP contribution in [0.15, 0.2) is 54.7 Å². The van der Waals surface area contributed by atoms with Gasteiger partial charge in [-0.1, -0.05) is 30.3 Å². The van der Waals surface area contributed by atoms with Crippen molar-refractivity contribution in [2.45, 2.75) is 6.92 Å². The number of aryl methyl sites for hydroxylation is 1. The van der Waals surface area contributed by atoms with Crippen molar-refractivity contribution in [3.05, 3.63) is 60.3 Å². The Morgan fingerprint density at radius 3 is 1.94 bits per heavy atom. The number of hydrogen-bond acceptors (Lipinski definition) is 6. The lowest BCUT2D eigenvalue weighted by Gasteiger charge is -2.18. The van der Waals surface area contributed by atoms with Crippen LogP contribution < -0.4 is 18.9 Å². The third kappa shape index (κ3) is 3.18. The van der Waals surface area contributed by atoms with Crippen LogP contribution in [-0.4, -0.2) is 38.4 Å². The molecular formula is C27H24N2O4. The molecule has 0 saturated carbocycles. The molecule has 0 aliphatic heterocycles. The first kappa shape index (κ1) is 20.8. The Bertz CT molecular complexity index is 1510. The van der Waals surface area contributed by atoms with Crippen LogP contribution in [0.25, 0.3) is 43.8 Å². The second-order valence-electron chi connectivity index (χ2n) is 7.73. The molecule has 0 aliphatic carbocycles. The molecule has 0 atom stereocenters. The van der Waals surface area contributed by atoms with Gasteiger partial charge in [0.15, 0.2) is 23.0 Å². The van der Waals surface area contributed by atoms with E-state index in [-0.39, 0.29) is 0 Å². The summed E-state index contributed by atoms with van der Waals surface area (Å²) in [5.41, 5.74) is 4.33. The van der Waals surface area contributed by atoms with Crippen LogP contribution in [0, 0.1) is 6.92 Å². The molecule has 0 spiro atoms. The van der Waals surface area contributed by atoms with Gasteiger partial charge >= 0.3 is 0 Å². The van der Waals surface area contributed by atoms with Crippen molar-refractivity contribution >= 4 is 32.6 Å². The number of methoxy groups -OCH3 is 4. The number of ether oxygens (including phenoxy) is 4. The molecule has 1 aromatic heterocycles. The lowest BCUT2D eigenvalue weighted by Crippen LogP contribution is -1.99. The maximum Gasteiger partial charge on any atom is 0.164 e. The second-order valence-corrected chi connectivity index (χ2v) is 7.73. The van der Waals surface area contributed by atoms with Gasteiger partial charge in [0.2, 0.25) is 0 Å². The first-order chi connectivity index (χ1) is 16.1. The van der Waals surface area contributed by atoms with Crippen molar-refractivity contribution in [1.82, 2.24) is 9.97 Å². The fourth-order valence-corrected chi connectivity index (χ4v) is 4.50. The van der Waals surface area contributed by atoms with Gasteiger partial charge in [0.1, 0.15) is 0 Å². The van der Waals surface area contributed by atoms with E-state index in [4.69, 9.17) is 28.9 Å². The number of benzene rings is 4. The summed E-state index contributed by atoms with van der Waals surface area (Å²) in [6, 6.07) is 16.0. The Balaban J connectivity index is 2.01. The van der Waals surface area contributed by atoms with Gasteiger partial charge in [0.25, 0.3) is 0 Å². The normalized spacial score (nSPS) is 11.2. The molecule has 0 saturated heterocycles. The molecule has 0 N–H and O–H groups in total. The van der Waals surface area contributed by atoms with Gasteiger partial charge in [-0.25, -0.2) is 4.98 Å². The largest absolute Gasteiger partial charge is 0.493 e. The number of nitrogens with zero attached hydrogens (tertiary/aromatic N) is 2. The topological polar surface area (TPSA) is 62.7 Å². The Morgan fingerprint density at radius 1 is 0.667 bits per heavy atom. The molecule has 5 aromatic rings. The van der Waals surface area contributed by atoms with Crippen LogP contribution in [0.4, 0.5) is 0 Å². The van der Waals surface area contributed by atoms with E-state index in [1.165, 1.54) is 0 Å². The number of fused-ring (bicyclic) bond motifs is 6. The molecule has 6 heteroatoms. The summed E-state index contributed by atoms with van der Waals surface area (Å²) >= 11 is 0. The van der Waals surface area contributed by atoms with E-state index >= 15 is 0 Å². The number of hydrogen-bond donors (Lipinski definition) is 0. The van der Waals surface area contributed by atoms with Crippen LogP contribution in [-0.2, 0) is 0 Å². The molecule has 4 aromatic carbocycles. The van der Waals surface area contributed by atoms with Crippen molar-refractivity contribution < 1.29 is 18.9 Å². The molecule has 0 amide bonds. The summed E-state index contributed by atoms with van der Waals surface area (Å²) in [6.07, 6.45) is 1.82. The molecule has 5 rings (SSSR count). The molecule has 0 fully saturated rings. The molecule has 166 valence electrons. The van der Waals surface area contributed by atoms with Gasteiger partial charge in [-0.3, -0.25) is 4.98 Å². The number of aromatic nitrogens is 2. The van der Waals surface area contributed by atoms with Gasteiger partial charge < -0.3 is 18.9 Å². The first-order valence-electron chi connectivity index (χ1n) is 10.6. The molecule has 0 bridgehead atoms. The van der Waals surface area contributed by atoms with E-state index in [1.54, 1.807) is 28.4 Å². The Labute approximate surface area is 191 Å². The zero-order chi connectivity index (χ0) is 23.1. The highest BCUT2D eigenvalue weighted by Gasteiger charge is 2.21. The third-order valence-electron chi connectivity index (χ3n) is 6.06. The highest BCUT2D eigenvalue weighted by molar-refractivity contribution is 6.25. The third-order valence-corrected chi connectivity index (χ3v) is 6.06. The summed E-state index contributed by atoms with van der Waals surface area (Å²) in [4.78, 5) is 9.96. The van der Waals surface area contributed by atoms with Crippen LogP contribution >= 0.6 is 0 Å². The van der Waals surface area contributed by atoms with Crippen molar-refractivity contribution in [3.8, 4) is 34.3 Å². The van der Waals surface area contributed by atoms with Gasteiger partial charge in [-0.05, 0) is 35.9 Å². The quantitative estimate of drug-likeness (QED) is 0.315. The van der Waals surface area contributed by atoms with Crippen molar-refractivity contribution in [2.24, 2.45) is 0 Å². The minimum absolute atomic E-state index is 0.634. The van der Waals surface area contributed by atoms with E-state index in [2.05, 4.69) is 0 Å². The Morgan fingerprint density at radius 2 is 1.30 bits per heavy atom. The van der Waals surface area contributed by atoms with E-state index in [1.807, 2.05) is 61.7 Å². The van der Waals surface area contributed by atoms with E-state index in [9.17, 15) is 0 Å². The minimum Gasteiger partial charge on any atom is -0.493 e. The van der Waals surface area contributed by atoms with E-state index in [0.717, 1.165) is 49.4 Å². The maximum absolute atomic E-state index is 5.69. The predicted octanol–water partition coefficient (Wildman–Crippen LogP) is 5.95. The van der Waals surface area contributed by atoms with E-state index in [0.29, 0.717) is 23.0 Å². The molecule has 0 unspecified atom stereocenters. The zero-order valence-corrected chi connectivity index (χ0v) is 19.2. The molecule has 0 aliphatic rings. The SMILES string of the molecule is COc1cc2c(cc1OC)c1nc(-c3ccccc3)cnc1c1c(C)c(OC)c(OC)cc21. The van der Waals surface area contributed by atoms with Gasteiger partial charge in [0.05, 0.1) is 51.4 Å². The fraction of sp³-hybridized carbons (Fsp3) is 0.185. The van der Waals surface area contributed by atoms with E-state index < -0.39 is 0 Å². The summed E-state index contributed by atoms with van der Waals surface area (Å²) in [5.74, 6) is 2.62. The minimum atomic E-state index is 0.634.